The highest BCUT2D eigenvalue weighted by Crippen LogP contribution is 2.22. The van der Waals surface area contributed by atoms with E-state index in [0.717, 1.165) is 38.3 Å². The first-order chi connectivity index (χ1) is 10.6. The van der Waals surface area contributed by atoms with Crippen molar-refractivity contribution in [3.05, 3.63) is 42.4 Å². The summed E-state index contributed by atoms with van der Waals surface area (Å²) in [6.07, 6.45) is 7.55. The highest BCUT2D eigenvalue weighted by molar-refractivity contribution is 5.91. The maximum atomic E-state index is 12.2. The molecule has 1 saturated heterocycles. The zero-order valence-electron chi connectivity index (χ0n) is 13.2. The number of hydrogen-bond donors (Lipinski definition) is 0. The average molecular weight is 301 g/mol. The Bertz CT molecular complexity index is 608. The first-order valence-corrected chi connectivity index (χ1v) is 7.99. The van der Waals surface area contributed by atoms with Crippen LogP contribution in [-0.2, 0) is 6.54 Å². The molecule has 2 aromatic heterocycles. The molecule has 1 amide bonds. The minimum atomic E-state index is 0.00829. The second kappa shape index (κ2) is 6.38. The Kier molecular flexibility index (Phi) is 4.32. The van der Waals surface area contributed by atoms with Crippen molar-refractivity contribution >= 4 is 5.91 Å². The quantitative estimate of drug-likeness (QED) is 0.871. The maximum absolute atomic E-state index is 12.2. The Labute approximate surface area is 130 Å². The van der Waals surface area contributed by atoms with Crippen LogP contribution in [0.4, 0.5) is 0 Å². The number of carbonyl (C=O) groups excluding carboxylic acids is 1. The summed E-state index contributed by atoms with van der Waals surface area (Å²) in [6.45, 7) is 6.94. The summed E-state index contributed by atoms with van der Waals surface area (Å²) in [7, 11) is 0. The van der Waals surface area contributed by atoms with Gasteiger partial charge in [0.05, 0.1) is 6.26 Å². The van der Waals surface area contributed by atoms with E-state index in [0.29, 0.717) is 17.6 Å². The second-order valence-corrected chi connectivity index (χ2v) is 6.31. The van der Waals surface area contributed by atoms with Gasteiger partial charge in [0, 0.05) is 37.9 Å². The average Bonchev–Trinajstić information content (AvgIpc) is 3.18. The molecule has 0 unspecified atom stereocenters. The zero-order chi connectivity index (χ0) is 15.5. The lowest BCUT2D eigenvalue weighted by molar-refractivity contribution is 0.0650. The van der Waals surface area contributed by atoms with Gasteiger partial charge in [-0.3, -0.25) is 4.79 Å². The number of aromatic nitrogens is 2. The summed E-state index contributed by atoms with van der Waals surface area (Å²) in [6, 6.07) is 3.49. The first kappa shape index (κ1) is 14.9. The number of furan rings is 1. The first-order valence-electron chi connectivity index (χ1n) is 7.99. The topological polar surface area (TPSA) is 51.3 Å². The van der Waals surface area contributed by atoms with Crippen molar-refractivity contribution in [2.75, 3.05) is 13.1 Å². The Morgan fingerprint density at radius 2 is 2.18 bits per heavy atom. The molecule has 0 spiro atoms. The van der Waals surface area contributed by atoms with E-state index in [4.69, 9.17) is 4.42 Å². The lowest BCUT2D eigenvalue weighted by atomic mass is 9.96. The number of imidazole rings is 1. The van der Waals surface area contributed by atoms with Gasteiger partial charge in [0.15, 0.2) is 5.76 Å². The number of rotatable bonds is 4. The Morgan fingerprint density at radius 3 is 2.82 bits per heavy atom. The summed E-state index contributed by atoms with van der Waals surface area (Å²) in [5, 5.41) is 0. The third-order valence-electron chi connectivity index (χ3n) is 4.35. The van der Waals surface area contributed by atoms with Crippen molar-refractivity contribution in [1.29, 1.82) is 0 Å². The van der Waals surface area contributed by atoms with Crippen LogP contribution >= 0.6 is 0 Å². The van der Waals surface area contributed by atoms with Gasteiger partial charge in [-0.25, -0.2) is 4.98 Å². The van der Waals surface area contributed by atoms with Crippen molar-refractivity contribution in [3.8, 4) is 0 Å². The summed E-state index contributed by atoms with van der Waals surface area (Å²) < 4.78 is 7.46. The third kappa shape index (κ3) is 3.08. The molecule has 1 aliphatic heterocycles. The Hall–Kier alpha value is -2.04. The monoisotopic (exact) mass is 301 g/mol. The van der Waals surface area contributed by atoms with Gasteiger partial charge in [0.2, 0.25) is 0 Å². The van der Waals surface area contributed by atoms with Gasteiger partial charge in [0.25, 0.3) is 5.91 Å². The lowest BCUT2D eigenvalue weighted by Crippen LogP contribution is -2.39. The van der Waals surface area contributed by atoms with Crippen molar-refractivity contribution in [1.82, 2.24) is 14.5 Å². The van der Waals surface area contributed by atoms with Crippen molar-refractivity contribution < 1.29 is 9.21 Å². The number of hydrogen-bond acceptors (Lipinski definition) is 3. The van der Waals surface area contributed by atoms with E-state index in [1.165, 1.54) is 0 Å². The van der Waals surface area contributed by atoms with Crippen LogP contribution in [0.15, 0.2) is 35.2 Å². The van der Waals surface area contributed by atoms with Gasteiger partial charge in [-0.2, -0.15) is 0 Å². The molecule has 2 aromatic rings. The van der Waals surface area contributed by atoms with E-state index in [1.54, 1.807) is 18.4 Å². The molecular formula is C17H23N3O2. The SMILES string of the molecule is CC(C)c1nccn1CC1CCN(C(=O)c2ccco2)CC1. The highest BCUT2D eigenvalue weighted by atomic mass is 16.3. The van der Waals surface area contributed by atoms with Gasteiger partial charge in [0.1, 0.15) is 5.82 Å². The molecule has 118 valence electrons. The number of carbonyl (C=O) groups is 1. The fourth-order valence-corrected chi connectivity index (χ4v) is 3.13. The third-order valence-corrected chi connectivity index (χ3v) is 4.35. The van der Waals surface area contributed by atoms with Crippen LogP contribution in [0.25, 0.3) is 0 Å². The Morgan fingerprint density at radius 1 is 1.41 bits per heavy atom. The predicted octanol–water partition coefficient (Wildman–Crippen LogP) is 3.15. The zero-order valence-corrected chi connectivity index (χ0v) is 13.2. The standard InChI is InChI=1S/C17H23N3O2/c1-13(2)16-18-7-10-20(16)12-14-5-8-19(9-6-14)17(21)15-4-3-11-22-15/h3-4,7,10-11,13-14H,5-6,8-9,12H2,1-2H3. The molecule has 0 bridgehead atoms. The van der Waals surface area contributed by atoms with Crippen LogP contribution in [0, 0.1) is 5.92 Å². The minimum Gasteiger partial charge on any atom is -0.459 e. The summed E-state index contributed by atoms with van der Waals surface area (Å²) in [4.78, 5) is 18.6. The minimum absolute atomic E-state index is 0.00829. The van der Waals surface area contributed by atoms with E-state index >= 15 is 0 Å². The number of amides is 1. The van der Waals surface area contributed by atoms with Crippen LogP contribution in [0.2, 0.25) is 0 Å². The van der Waals surface area contributed by atoms with Crippen LogP contribution in [-0.4, -0.2) is 33.4 Å². The second-order valence-electron chi connectivity index (χ2n) is 6.31. The fourth-order valence-electron chi connectivity index (χ4n) is 3.13. The van der Waals surface area contributed by atoms with Crippen molar-refractivity contribution in [3.63, 3.8) is 0 Å². The number of piperidine rings is 1. The molecule has 1 fully saturated rings. The van der Waals surface area contributed by atoms with Crippen LogP contribution in [0.5, 0.6) is 0 Å². The lowest BCUT2D eigenvalue weighted by Gasteiger charge is -2.32. The number of nitrogens with zero attached hydrogens (tertiary/aromatic N) is 3. The highest BCUT2D eigenvalue weighted by Gasteiger charge is 2.25. The van der Waals surface area contributed by atoms with Gasteiger partial charge in [-0.15, -0.1) is 0 Å². The molecule has 0 radical (unpaired) electrons. The fraction of sp³-hybridized carbons (Fsp3) is 0.529. The van der Waals surface area contributed by atoms with E-state index in [-0.39, 0.29) is 5.91 Å². The molecule has 1 aliphatic rings. The van der Waals surface area contributed by atoms with Crippen LogP contribution in [0.1, 0.15) is 49.0 Å². The predicted molar refractivity (Wildman–Crippen MR) is 83.7 cm³/mol. The van der Waals surface area contributed by atoms with Crippen molar-refractivity contribution in [2.45, 2.75) is 39.2 Å². The summed E-state index contributed by atoms with van der Waals surface area (Å²) in [5.41, 5.74) is 0. The largest absolute Gasteiger partial charge is 0.459 e. The van der Waals surface area contributed by atoms with Gasteiger partial charge < -0.3 is 13.9 Å². The van der Waals surface area contributed by atoms with E-state index in [1.807, 2.05) is 11.1 Å². The molecule has 5 nitrogen and oxygen atoms in total. The van der Waals surface area contributed by atoms with E-state index < -0.39 is 0 Å². The molecule has 5 heteroatoms. The molecule has 22 heavy (non-hydrogen) atoms. The van der Waals surface area contributed by atoms with Gasteiger partial charge >= 0.3 is 0 Å². The molecular weight excluding hydrogens is 278 g/mol. The molecule has 3 rings (SSSR count). The number of likely N-dealkylation sites (tertiary alicyclic amines) is 1. The molecule has 0 N–H and O–H groups in total. The summed E-state index contributed by atoms with van der Waals surface area (Å²) in [5.74, 6) is 2.64. The van der Waals surface area contributed by atoms with Gasteiger partial charge in [-0.1, -0.05) is 13.8 Å². The van der Waals surface area contributed by atoms with Crippen molar-refractivity contribution in [2.24, 2.45) is 5.92 Å². The van der Waals surface area contributed by atoms with E-state index in [2.05, 4.69) is 29.6 Å². The Balaban J connectivity index is 1.56. The molecule has 0 aliphatic carbocycles. The maximum Gasteiger partial charge on any atom is 0.289 e. The summed E-state index contributed by atoms with van der Waals surface area (Å²) >= 11 is 0. The normalized spacial score (nSPS) is 16.4. The van der Waals surface area contributed by atoms with Crippen LogP contribution in [0.3, 0.4) is 0 Å². The molecule has 0 aromatic carbocycles. The van der Waals surface area contributed by atoms with Crippen LogP contribution < -0.4 is 0 Å². The van der Waals surface area contributed by atoms with Gasteiger partial charge in [-0.05, 0) is 30.9 Å². The molecule has 0 atom stereocenters. The van der Waals surface area contributed by atoms with E-state index in [9.17, 15) is 4.79 Å². The smallest absolute Gasteiger partial charge is 0.289 e. The molecule has 0 saturated carbocycles. The molecule has 3 heterocycles.